The highest BCUT2D eigenvalue weighted by molar-refractivity contribution is 5.79. The lowest BCUT2D eigenvalue weighted by atomic mass is 9.83. The summed E-state index contributed by atoms with van der Waals surface area (Å²) in [6.07, 6.45) is 0.703. The normalized spacial score (nSPS) is 21.4. The zero-order valence-electron chi connectivity index (χ0n) is 16.8. The van der Waals surface area contributed by atoms with E-state index in [0.717, 1.165) is 17.0 Å². The number of aromatic nitrogens is 2. The number of nitrogens with one attached hydrogen (secondary N) is 3. The number of aliphatic hydroxyl groups excluding tert-OH is 1. The monoisotopic (exact) mass is 400 g/mol. The van der Waals surface area contributed by atoms with Crippen LogP contribution < -0.4 is 15.4 Å². The van der Waals surface area contributed by atoms with Gasteiger partial charge in [-0.2, -0.15) is 5.10 Å². The molecule has 4 N–H and O–H groups in total. The quantitative estimate of drug-likeness (QED) is 0.560. The Hall–Kier alpha value is -2.87. The van der Waals surface area contributed by atoms with Gasteiger partial charge in [-0.05, 0) is 45.2 Å². The van der Waals surface area contributed by atoms with Crippen molar-refractivity contribution >= 4 is 11.8 Å². The van der Waals surface area contributed by atoms with Gasteiger partial charge in [0.2, 0.25) is 5.91 Å². The maximum Gasteiger partial charge on any atom is 0.258 e. The third kappa shape index (κ3) is 5.57. The number of para-hydroxylation sites is 1. The molecule has 1 saturated carbocycles. The summed E-state index contributed by atoms with van der Waals surface area (Å²) in [6.45, 7) is 4.11. The van der Waals surface area contributed by atoms with Gasteiger partial charge in [0.05, 0.1) is 17.8 Å². The van der Waals surface area contributed by atoms with Crippen molar-refractivity contribution in [2.75, 3.05) is 6.61 Å². The Bertz CT molecular complexity index is 817. The first-order valence-electron chi connectivity index (χ1n) is 9.87. The summed E-state index contributed by atoms with van der Waals surface area (Å²) < 4.78 is 5.43. The second-order valence-electron chi connectivity index (χ2n) is 7.48. The fraction of sp³-hybridized carbons (Fsp3) is 0.476. The van der Waals surface area contributed by atoms with Crippen molar-refractivity contribution in [3.8, 4) is 5.75 Å². The number of rotatable bonds is 7. The zero-order chi connectivity index (χ0) is 20.8. The minimum atomic E-state index is -0.766. The maximum atomic E-state index is 12.5. The number of H-pyrrole nitrogens is 1. The van der Waals surface area contributed by atoms with E-state index in [0.29, 0.717) is 31.6 Å². The number of aromatic amines is 1. The van der Waals surface area contributed by atoms with Gasteiger partial charge in [-0.25, -0.2) is 0 Å². The van der Waals surface area contributed by atoms with Gasteiger partial charge < -0.3 is 20.5 Å². The van der Waals surface area contributed by atoms with E-state index < -0.39 is 6.10 Å². The molecule has 0 bridgehead atoms. The molecule has 1 aliphatic rings. The van der Waals surface area contributed by atoms with Gasteiger partial charge in [-0.15, -0.1) is 0 Å². The molecule has 0 unspecified atom stereocenters. The molecule has 8 nitrogen and oxygen atoms in total. The fourth-order valence-corrected chi connectivity index (χ4v) is 3.62. The molecule has 1 aromatic carbocycles. The van der Waals surface area contributed by atoms with E-state index in [4.69, 9.17) is 4.74 Å². The number of ether oxygens (including phenoxy) is 1. The summed E-state index contributed by atoms with van der Waals surface area (Å²) in [5, 5.41) is 23.2. The van der Waals surface area contributed by atoms with Crippen LogP contribution in [0, 0.1) is 19.8 Å². The van der Waals surface area contributed by atoms with Crippen LogP contribution in [-0.2, 0) is 16.1 Å². The van der Waals surface area contributed by atoms with Crippen LogP contribution in [0.5, 0.6) is 5.75 Å². The Morgan fingerprint density at radius 3 is 2.66 bits per heavy atom. The molecule has 3 rings (SSSR count). The minimum Gasteiger partial charge on any atom is -0.484 e. The van der Waals surface area contributed by atoms with Crippen LogP contribution in [0.1, 0.15) is 36.2 Å². The van der Waals surface area contributed by atoms with E-state index in [9.17, 15) is 14.7 Å². The van der Waals surface area contributed by atoms with Crippen LogP contribution in [0.3, 0.4) is 0 Å². The van der Waals surface area contributed by atoms with E-state index in [-0.39, 0.29) is 30.4 Å². The Morgan fingerprint density at radius 1 is 1.24 bits per heavy atom. The van der Waals surface area contributed by atoms with Gasteiger partial charge in [-0.1, -0.05) is 18.2 Å². The Morgan fingerprint density at radius 2 is 2.00 bits per heavy atom. The first-order chi connectivity index (χ1) is 13.9. The molecule has 1 aromatic heterocycles. The summed E-state index contributed by atoms with van der Waals surface area (Å²) >= 11 is 0. The van der Waals surface area contributed by atoms with Crippen molar-refractivity contribution in [2.45, 2.75) is 51.8 Å². The molecule has 1 aliphatic carbocycles. The van der Waals surface area contributed by atoms with E-state index in [2.05, 4.69) is 20.8 Å². The first-order valence-corrected chi connectivity index (χ1v) is 9.87. The van der Waals surface area contributed by atoms with E-state index in [1.165, 1.54) is 0 Å². The van der Waals surface area contributed by atoms with Crippen LogP contribution in [0.2, 0.25) is 0 Å². The molecule has 0 spiro atoms. The van der Waals surface area contributed by atoms with Crippen molar-refractivity contribution < 1.29 is 19.4 Å². The molecule has 1 heterocycles. The predicted molar refractivity (Wildman–Crippen MR) is 107 cm³/mol. The highest BCUT2D eigenvalue weighted by atomic mass is 16.5. The Labute approximate surface area is 170 Å². The number of carbonyl (C=O) groups excluding carboxylic acids is 2. The molecular formula is C21H28N4O4. The number of aryl methyl sites for hydroxylation is 2. The minimum absolute atomic E-state index is 0.0822. The van der Waals surface area contributed by atoms with Crippen molar-refractivity contribution in [3.05, 3.63) is 47.3 Å². The topological polar surface area (TPSA) is 116 Å². The smallest absolute Gasteiger partial charge is 0.258 e. The highest BCUT2D eigenvalue weighted by Crippen LogP contribution is 2.25. The van der Waals surface area contributed by atoms with Crippen LogP contribution in [0.15, 0.2) is 30.3 Å². The second-order valence-corrected chi connectivity index (χ2v) is 7.48. The third-order valence-corrected chi connectivity index (χ3v) is 5.37. The fourth-order valence-electron chi connectivity index (χ4n) is 3.62. The number of aliphatic hydroxyl groups is 1. The summed E-state index contributed by atoms with van der Waals surface area (Å²) in [6, 6.07) is 8.72. The van der Waals surface area contributed by atoms with E-state index >= 15 is 0 Å². The van der Waals surface area contributed by atoms with Crippen molar-refractivity contribution in [2.24, 2.45) is 5.92 Å². The molecule has 1 fully saturated rings. The number of benzene rings is 1. The van der Waals surface area contributed by atoms with Crippen LogP contribution >= 0.6 is 0 Å². The van der Waals surface area contributed by atoms with Gasteiger partial charge in [0.15, 0.2) is 6.61 Å². The SMILES string of the molecule is Cc1n[nH]c(C)c1CNC(=O)[C@H]1CC[C@H](NC(=O)COc2ccccc2)[C@@H](O)C1. The average Bonchev–Trinajstić information content (AvgIpc) is 3.04. The number of amides is 2. The maximum absolute atomic E-state index is 12.5. The molecule has 156 valence electrons. The molecular weight excluding hydrogens is 372 g/mol. The molecule has 2 aromatic rings. The van der Waals surface area contributed by atoms with Crippen LogP contribution in [0.4, 0.5) is 0 Å². The molecule has 3 atom stereocenters. The largest absolute Gasteiger partial charge is 0.484 e. The lowest BCUT2D eigenvalue weighted by Gasteiger charge is -2.33. The Balaban J connectivity index is 1.42. The standard InChI is InChI=1S/C21H28N4O4/c1-13-17(14(2)25-24-13)11-22-21(28)15-8-9-18(19(26)10-15)23-20(27)12-29-16-6-4-3-5-7-16/h3-7,15,18-19,26H,8-12H2,1-2H3,(H,22,28)(H,23,27)(H,24,25)/t15-,18-,19-/m0/s1. The average molecular weight is 400 g/mol. The highest BCUT2D eigenvalue weighted by Gasteiger charge is 2.33. The lowest BCUT2D eigenvalue weighted by molar-refractivity contribution is -0.128. The molecule has 29 heavy (non-hydrogen) atoms. The van der Waals surface area contributed by atoms with Crippen LogP contribution in [-0.4, -0.2) is 45.9 Å². The molecule has 0 aliphatic heterocycles. The molecule has 0 radical (unpaired) electrons. The van der Waals surface area contributed by atoms with Gasteiger partial charge >= 0.3 is 0 Å². The number of hydrogen-bond acceptors (Lipinski definition) is 5. The summed E-state index contributed by atoms with van der Waals surface area (Å²) in [5.74, 6) is -0.0224. The molecule has 0 saturated heterocycles. The van der Waals surface area contributed by atoms with Crippen molar-refractivity contribution in [3.63, 3.8) is 0 Å². The van der Waals surface area contributed by atoms with Crippen molar-refractivity contribution in [1.82, 2.24) is 20.8 Å². The summed E-state index contributed by atoms with van der Waals surface area (Å²) in [5.41, 5.74) is 2.79. The van der Waals surface area contributed by atoms with Gasteiger partial charge in [0, 0.05) is 23.7 Å². The zero-order valence-corrected chi connectivity index (χ0v) is 16.8. The third-order valence-electron chi connectivity index (χ3n) is 5.37. The van der Waals surface area contributed by atoms with Crippen molar-refractivity contribution in [1.29, 1.82) is 0 Å². The van der Waals surface area contributed by atoms with Gasteiger partial charge in [0.1, 0.15) is 5.75 Å². The van der Waals surface area contributed by atoms with Gasteiger partial charge in [0.25, 0.3) is 5.91 Å². The lowest BCUT2D eigenvalue weighted by Crippen LogP contribution is -2.50. The summed E-state index contributed by atoms with van der Waals surface area (Å²) in [7, 11) is 0. The molecule has 8 heteroatoms. The number of hydrogen-bond donors (Lipinski definition) is 4. The first kappa shape index (κ1) is 20.9. The number of carbonyl (C=O) groups is 2. The predicted octanol–water partition coefficient (Wildman–Crippen LogP) is 1.37. The van der Waals surface area contributed by atoms with E-state index in [1.807, 2.05) is 32.0 Å². The Kier molecular flexibility index (Phi) is 6.87. The second kappa shape index (κ2) is 9.56. The number of nitrogens with zero attached hydrogens (tertiary/aromatic N) is 1. The van der Waals surface area contributed by atoms with Crippen LogP contribution in [0.25, 0.3) is 0 Å². The van der Waals surface area contributed by atoms with E-state index in [1.54, 1.807) is 12.1 Å². The summed E-state index contributed by atoms with van der Waals surface area (Å²) in [4.78, 5) is 24.6. The van der Waals surface area contributed by atoms with Gasteiger partial charge in [-0.3, -0.25) is 14.7 Å². The molecule has 2 amide bonds.